The highest BCUT2D eigenvalue weighted by Crippen LogP contribution is 2.27. The third-order valence-electron chi connectivity index (χ3n) is 5.11. The van der Waals surface area contributed by atoms with E-state index in [9.17, 15) is 0 Å². The summed E-state index contributed by atoms with van der Waals surface area (Å²) in [7, 11) is -1.42. The lowest BCUT2D eigenvalue weighted by atomic mass is 10.0. The quantitative estimate of drug-likeness (QED) is 0.227. The first kappa shape index (κ1) is 21.2. The van der Waals surface area contributed by atoms with E-state index in [2.05, 4.69) is 34.6 Å². The number of hydrogen-bond donors (Lipinski definition) is 0. The molecule has 0 aliphatic heterocycles. The molecule has 1 nitrogen and oxygen atoms in total. The lowest BCUT2D eigenvalue weighted by Crippen LogP contribution is -2.40. The van der Waals surface area contributed by atoms with Gasteiger partial charge in [-0.2, -0.15) is 0 Å². The lowest BCUT2D eigenvalue weighted by Gasteiger charge is -2.33. The Balaban J connectivity index is 4.32. The molecular formula is C19H42OSi. The van der Waals surface area contributed by atoms with Gasteiger partial charge in [-0.15, -0.1) is 0 Å². The van der Waals surface area contributed by atoms with Crippen molar-refractivity contribution in [3.8, 4) is 0 Å². The van der Waals surface area contributed by atoms with E-state index in [1.54, 1.807) is 0 Å². The molecule has 0 rings (SSSR count). The average molecular weight is 315 g/mol. The molecule has 21 heavy (non-hydrogen) atoms. The van der Waals surface area contributed by atoms with Gasteiger partial charge < -0.3 is 4.43 Å². The summed E-state index contributed by atoms with van der Waals surface area (Å²) < 4.78 is 6.79. The van der Waals surface area contributed by atoms with Crippen LogP contribution in [0.25, 0.3) is 0 Å². The Morgan fingerprint density at radius 1 is 0.619 bits per heavy atom. The van der Waals surface area contributed by atoms with Gasteiger partial charge in [-0.3, -0.25) is 0 Å². The van der Waals surface area contributed by atoms with Gasteiger partial charge in [0.2, 0.25) is 0 Å². The monoisotopic (exact) mass is 314 g/mol. The van der Waals surface area contributed by atoms with Crippen LogP contribution >= 0.6 is 0 Å². The summed E-state index contributed by atoms with van der Waals surface area (Å²) in [6, 6.07) is 3.88. The molecule has 0 N–H and O–H groups in total. The molecule has 0 heterocycles. The highest BCUT2D eigenvalue weighted by Gasteiger charge is 2.31. The Bertz CT molecular complexity index is 193. The molecule has 0 saturated heterocycles. The van der Waals surface area contributed by atoms with E-state index in [4.69, 9.17) is 4.43 Å². The highest BCUT2D eigenvalue weighted by molar-refractivity contribution is 6.73. The standard InChI is InChI=1S/C19H42OSi/c1-6-11-13-15-17-19(18-16-14-12-7-2)20-21(8-3,9-4)10-5/h19H,6-18H2,1-5H3. The Kier molecular flexibility index (Phi) is 13.9. The van der Waals surface area contributed by atoms with Gasteiger partial charge in [0.1, 0.15) is 0 Å². The number of unbranched alkanes of at least 4 members (excludes halogenated alkanes) is 6. The van der Waals surface area contributed by atoms with Gasteiger partial charge >= 0.3 is 0 Å². The van der Waals surface area contributed by atoms with Gasteiger partial charge in [0, 0.05) is 6.10 Å². The molecule has 0 aromatic carbocycles. The fraction of sp³-hybridized carbons (Fsp3) is 1.00. The zero-order valence-electron chi connectivity index (χ0n) is 15.7. The van der Waals surface area contributed by atoms with Gasteiger partial charge in [0.05, 0.1) is 0 Å². The molecule has 0 aromatic heterocycles. The molecule has 0 unspecified atom stereocenters. The topological polar surface area (TPSA) is 9.23 Å². The van der Waals surface area contributed by atoms with E-state index < -0.39 is 8.32 Å². The second kappa shape index (κ2) is 13.8. The fourth-order valence-corrected chi connectivity index (χ4v) is 6.16. The van der Waals surface area contributed by atoms with Gasteiger partial charge in [-0.25, -0.2) is 0 Å². The zero-order chi connectivity index (χ0) is 16.0. The summed E-state index contributed by atoms with van der Waals surface area (Å²) in [5.74, 6) is 0. The molecule has 0 atom stereocenters. The van der Waals surface area contributed by atoms with Crippen LogP contribution < -0.4 is 0 Å². The molecule has 0 saturated carbocycles. The van der Waals surface area contributed by atoms with E-state index in [1.807, 2.05) is 0 Å². The van der Waals surface area contributed by atoms with Crippen molar-refractivity contribution in [3.63, 3.8) is 0 Å². The number of hydrogen-bond acceptors (Lipinski definition) is 1. The van der Waals surface area contributed by atoms with Gasteiger partial charge in [0.15, 0.2) is 8.32 Å². The summed E-state index contributed by atoms with van der Waals surface area (Å²) in [5.41, 5.74) is 0. The number of rotatable bonds is 15. The lowest BCUT2D eigenvalue weighted by molar-refractivity contribution is 0.159. The third-order valence-corrected chi connectivity index (χ3v) is 9.81. The molecular weight excluding hydrogens is 272 g/mol. The second-order valence-corrected chi connectivity index (χ2v) is 11.4. The van der Waals surface area contributed by atoms with E-state index >= 15 is 0 Å². The summed E-state index contributed by atoms with van der Waals surface area (Å²) >= 11 is 0. The summed E-state index contributed by atoms with van der Waals surface area (Å²) in [6.07, 6.45) is 14.1. The van der Waals surface area contributed by atoms with Crippen molar-refractivity contribution < 1.29 is 4.43 Å². The van der Waals surface area contributed by atoms with Crippen LogP contribution in [-0.4, -0.2) is 14.4 Å². The summed E-state index contributed by atoms with van der Waals surface area (Å²) in [6.45, 7) is 11.6. The average Bonchev–Trinajstić information content (AvgIpc) is 2.52. The van der Waals surface area contributed by atoms with Crippen molar-refractivity contribution >= 4 is 8.32 Å². The van der Waals surface area contributed by atoms with Crippen molar-refractivity contribution in [1.29, 1.82) is 0 Å². The van der Waals surface area contributed by atoms with E-state index in [0.717, 1.165) is 0 Å². The van der Waals surface area contributed by atoms with E-state index in [0.29, 0.717) is 6.10 Å². The predicted octanol–water partition coefficient (Wildman–Crippen LogP) is 7.32. The first-order valence-electron chi connectivity index (χ1n) is 9.85. The van der Waals surface area contributed by atoms with Crippen molar-refractivity contribution in [2.24, 2.45) is 0 Å². The Morgan fingerprint density at radius 3 is 1.38 bits per heavy atom. The minimum Gasteiger partial charge on any atom is -0.414 e. The first-order valence-corrected chi connectivity index (χ1v) is 12.4. The largest absolute Gasteiger partial charge is 0.414 e. The second-order valence-electron chi connectivity index (χ2n) is 6.68. The fourth-order valence-electron chi connectivity index (χ4n) is 3.21. The molecule has 128 valence electrons. The Hall–Kier alpha value is 0.177. The van der Waals surface area contributed by atoms with Crippen LogP contribution in [0.2, 0.25) is 18.1 Å². The van der Waals surface area contributed by atoms with E-state index in [1.165, 1.54) is 82.3 Å². The maximum Gasteiger partial charge on any atom is 0.192 e. The summed E-state index contributed by atoms with van der Waals surface area (Å²) in [4.78, 5) is 0. The summed E-state index contributed by atoms with van der Waals surface area (Å²) in [5, 5.41) is 0. The van der Waals surface area contributed by atoms with Crippen molar-refractivity contribution in [2.45, 2.75) is 123 Å². The molecule has 0 spiro atoms. The smallest absolute Gasteiger partial charge is 0.192 e. The Labute approximate surface area is 136 Å². The van der Waals surface area contributed by atoms with Crippen LogP contribution in [0.3, 0.4) is 0 Å². The molecule has 0 amide bonds. The minimum atomic E-state index is -1.42. The minimum absolute atomic E-state index is 0.560. The zero-order valence-corrected chi connectivity index (χ0v) is 16.7. The molecule has 0 aromatic rings. The first-order chi connectivity index (χ1) is 10.2. The van der Waals surface area contributed by atoms with Crippen LogP contribution in [0.5, 0.6) is 0 Å². The normalized spacial score (nSPS) is 12.3. The third kappa shape index (κ3) is 9.73. The van der Waals surface area contributed by atoms with E-state index in [-0.39, 0.29) is 0 Å². The van der Waals surface area contributed by atoms with Gasteiger partial charge in [-0.1, -0.05) is 86.0 Å². The van der Waals surface area contributed by atoms with Crippen molar-refractivity contribution in [3.05, 3.63) is 0 Å². The molecule has 0 fully saturated rings. The SMILES string of the molecule is CCCCCCC(CCCCCC)O[Si](CC)(CC)CC. The maximum absolute atomic E-state index is 6.79. The van der Waals surface area contributed by atoms with Crippen LogP contribution in [0, 0.1) is 0 Å². The predicted molar refractivity (Wildman–Crippen MR) is 99.6 cm³/mol. The van der Waals surface area contributed by atoms with Crippen LogP contribution in [0.4, 0.5) is 0 Å². The molecule has 0 aliphatic carbocycles. The molecule has 2 heteroatoms. The van der Waals surface area contributed by atoms with Gasteiger partial charge in [-0.05, 0) is 31.0 Å². The van der Waals surface area contributed by atoms with Crippen LogP contribution in [0.15, 0.2) is 0 Å². The molecule has 0 radical (unpaired) electrons. The van der Waals surface area contributed by atoms with Gasteiger partial charge in [0.25, 0.3) is 0 Å². The highest BCUT2D eigenvalue weighted by atomic mass is 28.4. The molecule has 0 aliphatic rings. The van der Waals surface area contributed by atoms with Crippen LogP contribution in [-0.2, 0) is 4.43 Å². The van der Waals surface area contributed by atoms with Crippen LogP contribution in [0.1, 0.15) is 98.8 Å². The Morgan fingerprint density at radius 2 is 1.05 bits per heavy atom. The van der Waals surface area contributed by atoms with Crippen molar-refractivity contribution in [2.75, 3.05) is 0 Å². The van der Waals surface area contributed by atoms with Crippen molar-refractivity contribution in [1.82, 2.24) is 0 Å². The maximum atomic E-state index is 6.79. The molecule has 0 bridgehead atoms.